The van der Waals surface area contributed by atoms with Crippen LogP contribution in [0.1, 0.15) is 5.56 Å². The normalized spacial score (nSPS) is 12.5. The molecule has 5 heteroatoms. The summed E-state index contributed by atoms with van der Waals surface area (Å²) in [4.78, 5) is 1.91. The second-order valence-corrected chi connectivity index (χ2v) is 6.47. The standard InChI is InChI=1S/C18H18F2N2S/c1-22(13-6-7-16(19)17(20)9-13)14(10-21)8-12-11-23-18-5-3-2-4-15(12)18/h2-7,9,11,14H,8,10,21H2,1H3. The number of hydrogen-bond acceptors (Lipinski definition) is 3. The van der Waals surface area contributed by atoms with Gasteiger partial charge in [-0.3, -0.25) is 0 Å². The summed E-state index contributed by atoms with van der Waals surface area (Å²) in [7, 11) is 1.86. The van der Waals surface area contributed by atoms with E-state index in [-0.39, 0.29) is 6.04 Å². The highest BCUT2D eigenvalue weighted by Gasteiger charge is 2.17. The first-order chi connectivity index (χ1) is 11.1. The molecule has 0 fully saturated rings. The Labute approximate surface area is 138 Å². The molecule has 1 unspecified atom stereocenters. The lowest BCUT2D eigenvalue weighted by Crippen LogP contribution is -2.39. The highest BCUT2D eigenvalue weighted by atomic mass is 32.1. The molecule has 0 aliphatic carbocycles. The molecule has 0 aliphatic rings. The Morgan fingerprint density at radius 3 is 2.65 bits per heavy atom. The van der Waals surface area contributed by atoms with E-state index in [1.54, 1.807) is 17.4 Å². The number of nitrogens with zero attached hydrogens (tertiary/aromatic N) is 1. The van der Waals surface area contributed by atoms with Gasteiger partial charge in [-0.15, -0.1) is 11.3 Å². The molecule has 1 aromatic heterocycles. The minimum Gasteiger partial charge on any atom is -0.370 e. The molecule has 2 aromatic carbocycles. The van der Waals surface area contributed by atoms with Crippen LogP contribution >= 0.6 is 11.3 Å². The summed E-state index contributed by atoms with van der Waals surface area (Å²) in [5.41, 5.74) is 7.79. The van der Waals surface area contributed by atoms with E-state index in [9.17, 15) is 8.78 Å². The van der Waals surface area contributed by atoms with E-state index < -0.39 is 11.6 Å². The molecule has 120 valence electrons. The molecular formula is C18H18F2N2S. The topological polar surface area (TPSA) is 29.3 Å². The predicted molar refractivity (Wildman–Crippen MR) is 93.1 cm³/mol. The van der Waals surface area contributed by atoms with Gasteiger partial charge in [-0.25, -0.2) is 8.78 Å². The number of benzene rings is 2. The first-order valence-corrected chi connectivity index (χ1v) is 8.31. The van der Waals surface area contributed by atoms with Crippen molar-refractivity contribution in [2.45, 2.75) is 12.5 Å². The molecule has 0 saturated carbocycles. The summed E-state index contributed by atoms with van der Waals surface area (Å²) < 4.78 is 27.8. The van der Waals surface area contributed by atoms with Gasteiger partial charge in [0.15, 0.2) is 11.6 Å². The lowest BCUT2D eigenvalue weighted by atomic mass is 10.0. The van der Waals surface area contributed by atoms with Gasteiger partial charge in [-0.2, -0.15) is 0 Å². The van der Waals surface area contributed by atoms with Crippen LogP contribution in [0.2, 0.25) is 0 Å². The number of halogens is 2. The van der Waals surface area contributed by atoms with Gasteiger partial charge in [0.05, 0.1) is 0 Å². The van der Waals surface area contributed by atoms with E-state index in [4.69, 9.17) is 5.73 Å². The van der Waals surface area contributed by atoms with E-state index in [0.29, 0.717) is 12.2 Å². The molecule has 2 nitrogen and oxygen atoms in total. The number of anilines is 1. The summed E-state index contributed by atoms with van der Waals surface area (Å²) in [6.07, 6.45) is 0.760. The maximum absolute atomic E-state index is 13.5. The lowest BCUT2D eigenvalue weighted by molar-refractivity contribution is 0.507. The van der Waals surface area contributed by atoms with Crippen molar-refractivity contribution in [2.24, 2.45) is 5.73 Å². The number of likely N-dealkylation sites (N-methyl/N-ethyl adjacent to an activating group) is 1. The highest BCUT2D eigenvalue weighted by molar-refractivity contribution is 7.17. The predicted octanol–water partition coefficient (Wildman–Crippen LogP) is 4.19. The third kappa shape index (κ3) is 3.21. The third-order valence-corrected chi connectivity index (χ3v) is 5.16. The van der Waals surface area contributed by atoms with Crippen molar-refractivity contribution in [1.29, 1.82) is 0 Å². The molecule has 1 atom stereocenters. The maximum Gasteiger partial charge on any atom is 0.160 e. The second kappa shape index (κ2) is 6.64. The molecule has 23 heavy (non-hydrogen) atoms. The Morgan fingerprint density at radius 2 is 1.91 bits per heavy atom. The van der Waals surface area contributed by atoms with Crippen molar-refractivity contribution in [2.75, 3.05) is 18.5 Å². The Hall–Kier alpha value is -1.98. The van der Waals surface area contributed by atoms with Crippen LogP contribution in [0.25, 0.3) is 10.1 Å². The maximum atomic E-state index is 13.5. The van der Waals surface area contributed by atoms with E-state index >= 15 is 0 Å². The molecule has 0 aliphatic heterocycles. The minimum atomic E-state index is -0.842. The molecule has 2 N–H and O–H groups in total. The molecule has 1 heterocycles. The molecule has 0 radical (unpaired) electrons. The molecular weight excluding hydrogens is 314 g/mol. The largest absolute Gasteiger partial charge is 0.370 e. The third-order valence-electron chi connectivity index (χ3n) is 4.15. The van der Waals surface area contributed by atoms with Crippen LogP contribution in [0.4, 0.5) is 14.5 Å². The van der Waals surface area contributed by atoms with Gasteiger partial charge >= 0.3 is 0 Å². The Morgan fingerprint density at radius 1 is 1.13 bits per heavy atom. The van der Waals surface area contributed by atoms with Gasteiger partial charge < -0.3 is 10.6 Å². The van der Waals surface area contributed by atoms with Crippen LogP contribution in [0, 0.1) is 11.6 Å². The zero-order valence-corrected chi connectivity index (χ0v) is 13.6. The zero-order chi connectivity index (χ0) is 16.4. The van der Waals surface area contributed by atoms with Crippen molar-refractivity contribution >= 4 is 27.1 Å². The SMILES string of the molecule is CN(c1ccc(F)c(F)c1)C(CN)Cc1csc2ccccc12. The molecule has 0 saturated heterocycles. The highest BCUT2D eigenvalue weighted by Crippen LogP contribution is 2.28. The summed E-state index contributed by atoms with van der Waals surface area (Å²) >= 11 is 1.71. The van der Waals surface area contributed by atoms with Crippen molar-refractivity contribution in [3.05, 3.63) is 65.0 Å². The number of hydrogen-bond donors (Lipinski definition) is 1. The first-order valence-electron chi connectivity index (χ1n) is 7.43. The van der Waals surface area contributed by atoms with E-state index in [1.807, 2.05) is 24.1 Å². The van der Waals surface area contributed by atoms with Gasteiger partial charge in [-0.1, -0.05) is 18.2 Å². The fraction of sp³-hybridized carbons (Fsp3) is 0.222. The average molecular weight is 332 g/mol. The molecule has 0 bridgehead atoms. The van der Waals surface area contributed by atoms with Crippen LogP contribution in [0.3, 0.4) is 0 Å². The monoisotopic (exact) mass is 332 g/mol. The zero-order valence-electron chi connectivity index (χ0n) is 12.8. The average Bonchev–Trinajstić information content (AvgIpc) is 2.97. The summed E-state index contributed by atoms with van der Waals surface area (Å²) in [6, 6.07) is 12.2. The van der Waals surface area contributed by atoms with E-state index in [2.05, 4.69) is 17.5 Å². The Kier molecular flexibility index (Phi) is 4.59. The van der Waals surface area contributed by atoms with Gasteiger partial charge in [0, 0.05) is 36.1 Å². The van der Waals surface area contributed by atoms with Crippen LogP contribution in [0.15, 0.2) is 47.8 Å². The summed E-state index contributed by atoms with van der Waals surface area (Å²) in [6.45, 7) is 0.430. The van der Waals surface area contributed by atoms with Gasteiger partial charge in [0.25, 0.3) is 0 Å². The van der Waals surface area contributed by atoms with E-state index in [0.717, 1.165) is 12.5 Å². The number of thiophene rings is 1. The van der Waals surface area contributed by atoms with Crippen LogP contribution in [-0.2, 0) is 6.42 Å². The summed E-state index contributed by atoms with van der Waals surface area (Å²) in [5.74, 6) is -1.68. The van der Waals surface area contributed by atoms with Gasteiger partial charge in [0.2, 0.25) is 0 Å². The Balaban J connectivity index is 1.85. The molecule has 3 rings (SSSR count). The fourth-order valence-corrected chi connectivity index (χ4v) is 3.71. The van der Waals surface area contributed by atoms with Crippen molar-refractivity contribution in [3.63, 3.8) is 0 Å². The molecule has 0 spiro atoms. The van der Waals surface area contributed by atoms with E-state index in [1.165, 1.54) is 21.7 Å². The first kappa shape index (κ1) is 15.9. The quantitative estimate of drug-likeness (QED) is 0.759. The number of fused-ring (bicyclic) bond motifs is 1. The van der Waals surface area contributed by atoms with Crippen LogP contribution in [-0.4, -0.2) is 19.6 Å². The minimum absolute atomic E-state index is 0.0119. The second-order valence-electron chi connectivity index (χ2n) is 5.56. The smallest absolute Gasteiger partial charge is 0.160 e. The molecule has 0 amide bonds. The fourth-order valence-electron chi connectivity index (χ4n) is 2.74. The summed E-state index contributed by atoms with van der Waals surface area (Å²) in [5, 5.41) is 3.38. The van der Waals surface area contributed by atoms with Crippen molar-refractivity contribution in [3.8, 4) is 0 Å². The van der Waals surface area contributed by atoms with Crippen LogP contribution < -0.4 is 10.6 Å². The van der Waals surface area contributed by atoms with Gasteiger partial charge in [0.1, 0.15) is 0 Å². The number of rotatable bonds is 5. The van der Waals surface area contributed by atoms with Crippen molar-refractivity contribution < 1.29 is 8.78 Å². The van der Waals surface area contributed by atoms with Crippen LogP contribution in [0.5, 0.6) is 0 Å². The number of nitrogens with two attached hydrogens (primary N) is 1. The lowest BCUT2D eigenvalue weighted by Gasteiger charge is -2.29. The molecule has 3 aromatic rings. The Bertz CT molecular complexity index is 816. The van der Waals surface area contributed by atoms with Gasteiger partial charge in [-0.05, 0) is 40.9 Å². The van der Waals surface area contributed by atoms with Crippen molar-refractivity contribution in [1.82, 2.24) is 0 Å².